The average Bonchev–Trinajstić information content (AvgIpc) is 2.97. The van der Waals surface area contributed by atoms with Crippen LogP contribution in [0.1, 0.15) is 23.4 Å². The first kappa shape index (κ1) is 11.6. The monoisotopic (exact) mass is 273 g/mol. The van der Waals surface area contributed by atoms with Gasteiger partial charge in [-0.05, 0) is 11.4 Å². The maximum atomic E-state index is 13.0. The van der Waals surface area contributed by atoms with Gasteiger partial charge in [0.1, 0.15) is 5.82 Å². The third kappa shape index (κ3) is 1.88. The van der Waals surface area contributed by atoms with Gasteiger partial charge in [0.15, 0.2) is 6.04 Å². The second kappa shape index (κ2) is 4.01. The molecule has 0 fully saturated rings. The van der Waals surface area contributed by atoms with E-state index in [1.165, 1.54) is 17.5 Å². The van der Waals surface area contributed by atoms with Crippen LogP contribution in [0.25, 0.3) is 0 Å². The maximum Gasteiger partial charge on any atom is 0.410 e. The smallest absolute Gasteiger partial charge is 0.363 e. The summed E-state index contributed by atoms with van der Waals surface area (Å²) in [4.78, 5) is 0.914. The predicted octanol–water partition coefficient (Wildman–Crippen LogP) is 3.60. The lowest BCUT2D eigenvalue weighted by Gasteiger charge is -2.32. The molecule has 2 aromatic heterocycles. The number of hydrogen-bond donors (Lipinski definition) is 1. The van der Waals surface area contributed by atoms with E-state index in [4.69, 9.17) is 0 Å². The average molecular weight is 273 g/mol. The second-order valence-electron chi connectivity index (χ2n) is 4.17. The number of rotatable bonds is 1. The van der Waals surface area contributed by atoms with Crippen LogP contribution in [0.3, 0.4) is 0 Å². The maximum absolute atomic E-state index is 13.0. The van der Waals surface area contributed by atoms with E-state index in [0.29, 0.717) is 5.82 Å². The molecule has 0 aliphatic carbocycles. The van der Waals surface area contributed by atoms with Gasteiger partial charge in [-0.1, -0.05) is 6.07 Å². The molecule has 2 unspecified atom stereocenters. The van der Waals surface area contributed by atoms with E-state index in [-0.39, 0.29) is 12.5 Å². The Bertz CT molecular complexity index is 532. The van der Waals surface area contributed by atoms with Crippen molar-refractivity contribution in [3.8, 4) is 0 Å². The molecule has 1 N–H and O–H groups in total. The number of hydrogen-bond acceptors (Lipinski definition) is 3. The number of alkyl halides is 3. The number of fused-ring (bicyclic) bond motifs is 1. The normalized spacial score (nSPS) is 23.5. The zero-order valence-corrected chi connectivity index (χ0v) is 10.0. The van der Waals surface area contributed by atoms with Crippen LogP contribution in [0, 0.1) is 0 Å². The van der Waals surface area contributed by atoms with Gasteiger partial charge < -0.3 is 5.32 Å². The molecule has 0 radical (unpaired) electrons. The van der Waals surface area contributed by atoms with Crippen LogP contribution in [-0.2, 0) is 0 Å². The fourth-order valence-corrected chi connectivity index (χ4v) is 2.98. The van der Waals surface area contributed by atoms with E-state index >= 15 is 0 Å². The summed E-state index contributed by atoms with van der Waals surface area (Å²) >= 11 is 1.46. The molecule has 18 heavy (non-hydrogen) atoms. The summed E-state index contributed by atoms with van der Waals surface area (Å²) in [6.07, 6.45) is -2.92. The highest BCUT2D eigenvalue weighted by Crippen LogP contribution is 2.43. The van der Waals surface area contributed by atoms with Crippen LogP contribution in [0.4, 0.5) is 19.0 Å². The van der Waals surface area contributed by atoms with Crippen molar-refractivity contribution in [2.24, 2.45) is 0 Å². The summed E-state index contributed by atoms with van der Waals surface area (Å²) < 4.78 is 40.1. The Morgan fingerprint density at radius 3 is 2.89 bits per heavy atom. The van der Waals surface area contributed by atoms with Crippen LogP contribution < -0.4 is 5.32 Å². The molecule has 3 nitrogen and oxygen atoms in total. The van der Waals surface area contributed by atoms with E-state index in [0.717, 1.165) is 9.56 Å². The van der Waals surface area contributed by atoms with Gasteiger partial charge in [0.25, 0.3) is 0 Å². The van der Waals surface area contributed by atoms with Crippen molar-refractivity contribution < 1.29 is 13.2 Å². The lowest BCUT2D eigenvalue weighted by atomic mass is 10.0. The Morgan fingerprint density at radius 1 is 1.39 bits per heavy atom. The lowest BCUT2D eigenvalue weighted by molar-refractivity contribution is -0.173. The number of thiophene rings is 1. The predicted molar refractivity (Wildman–Crippen MR) is 62.6 cm³/mol. The highest BCUT2D eigenvalue weighted by molar-refractivity contribution is 7.10. The van der Waals surface area contributed by atoms with E-state index < -0.39 is 12.2 Å². The van der Waals surface area contributed by atoms with Gasteiger partial charge in [-0.3, -0.25) is 0 Å². The van der Waals surface area contributed by atoms with E-state index in [1.54, 1.807) is 6.07 Å². The van der Waals surface area contributed by atoms with Gasteiger partial charge in [0, 0.05) is 17.4 Å². The summed E-state index contributed by atoms with van der Waals surface area (Å²) in [5, 5.41) is 8.72. The molecule has 1 aliphatic rings. The van der Waals surface area contributed by atoms with Gasteiger partial charge in [-0.15, -0.1) is 11.3 Å². The summed E-state index contributed by atoms with van der Waals surface area (Å²) in [6, 6.07) is 3.40. The Kier molecular flexibility index (Phi) is 2.58. The first-order valence-electron chi connectivity index (χ1n) is 5.46. The molecule has 1 aliphatic heterocycles. The minimum atomic E-state index is -4.28. The van der Waals surface area contributed by atoms with E-state index in [2.05, 4.69) is 10.4 Å². The molecule has 7 heteroatoms. The zero-order valence-electron chi connectivity index (χ0n) is 9.19. The molecule has 3 heterocycles. The molecule has 2 aromatic rings. The van der Waals surface area contributed by atoms with Gasteiger partial charge >= 0.3 is 6.18 Å². The fourth-order valence-electron chi connectivity index (χ4n) is 2.19. The van der Waals surface area contributed by atoms with Crippen LogP contribution in [-0.4, -0.2) is 16.0 Å². The molecule has 0 saturated heterocycles. The third-order valence-electron chi connectivity index (χ3n) is 3.01. The molecule has 0 amide bonds. The Balaban J connectivity index is 1.97. The first-order chi connectivity index (χ1) is 8.55. The highest BCUT2D eigenvalue weighted by atomic mass is 32.1. The van der Waals surface area contributed by atoms with Crippen molar-refractivity contribution in [2.45, 2.75) is 24.7 Å². The number of nitrogens with one attached hydrogen (secondary N) is 1. The number of anilines is 1. The van der Waals surface area contributed by atoms with Crippen LogP contribution in [0.5, 0.6) is 0 Å². The number of aromatic nitrogens is 2. The minimum Gasteiger partial charge on any atom is -0.363 e. The van der Waals surface area contributed by atoms with Crippen molar-refractivity contribution in [3.63, 3.8) is 0 Å². The largest absolute Gasteiger partial charge is 0.410 e. The van der Waals surface area contributed by atoms with Gasteiger partial charge in [0.05, 0.1) is 12.2 Å². The Morgan fingerprint density at radius 2 is 2.22 bits per heavy atom. The quantitative estimate of drug-likeness (QED) is 0.860. The van der Waals surface area contributed by atoms with Crippen molar-refractivity contribution in [2.75, 3.05) is 5.32 Å². The third-order valence-corrected chi connectivity index (χ3v) is 4.00. The molecular formula is C11H10F3N3S. The summed E-state index contributed by atoms with van der Waals surface area (Å²) in [7, 11) is 0. The summed E-state index contributed by atoms with van der Waals surface area (Å²) in [5.41, 5.74) is 0. The van der Waals surface area contributed by atoms with E-state index in [9.17, 15) is 13.2 Å². The molecule has 3 rings (SSSR count). The molecule has 2 atom stereocenters. The van der Waals surface area contributed by atoms with Gasteiger partial charge in [0.2, 0.25) is 0 Å². The Labute approximate surface area is 105 Å². The van der Waals surface area contributed by atoms with Crippen LogP contribution >= 0.6 is 11.3 Å². The van der Waals surface area contributed by atoms with Crippen molar-refractivity contribution in [1.29, 1.82) is 0 Å². The molecule has 96 valence electrons. The highest BCUT2D eigenvalue weighted by Gasteiger charge is 2.46. The van der Waals surface area contributed by atoms with Gasteiger partial charge in [-0.2, -0.15) is 18.3 Å². The van der Waals surface area contributed by atoms with E-state index in [1.807, 2.05) is 17.5 Å². The fraction of sp³-hybridized carbons (Fsp3) is 0.364. The molecule has 0 bridgehead atoms. The van der Waals surface area contributed by atoms with Gasteiger partial charge in [-0.25, -0.2) is 4.68 Å². The number of halogens is 3. The summed E-state index contributed by atoms with van der Waals surface area (Å²) in [5.74, 6) is 0.418. The topological polar surface area (TPSA) is 29.9 Å². The van der Waals surface area contributed by atoms with Crippen molar-refractivity contribution in [3.05, 3.63) is 34.7 Å². The minimum absolute atomic E-state index is 0.0291. The first-order valence-corrected chi connectivity index (χ1v) is 6.34. The standard InChI is InChI=1S/C11H10F3N3S/c12-11(13,14)9-6-7(8-2-1-5-18-8)16-10-3-4-15-17(9)10/h1-5,7,9,16H,6H2. The molecular weight excluding hydrogens is 263 g/mol. The second-order valence-corrected chi connectivity index (χ2v) is 5.15. The van der Waals surface area contributed by atoms with Crippen LogP contribution in [0.15, 0.2) is 29.8 Å². The van der Waals surface area contributed by atoms with Crippen molar-refractivity contribution >= 4 is 17.2 Å². The number of nitrogens with zero attached hydrogens (tertiary/aromatic N) is 2. The zero-order chi connectivity index (χ0) is 12.8. The lowest BCUT2D eigenvalue weighted by Crippen LogP contribution is -2.35. The molecule has 0 saturated carbocycles. The molecule has 0 aromatic carbocycles. The Hall–Kier alpha value is -1.50. The molecule has 0 spiro atoms. The SMILES string of the molecule is FC(F)(F)C1CC(c2cccs2)Nc2ccnn21. The summed E-state index contributed by atoms with van der Waals surface area (Å²) in [6.45, 7) is 0. The van der Waals surface area contributed by atoms with Crippen molar-refractivity contribution in [1.82, 2.24) is 9.78 Å². The van der Waals surface area contributed by atoms with Crippen LogP contribution in [0.2, 0.25) is 0 Å².